The Hall–Kier alpha value is -2.00. The third-order valence-corrected chi connectivity index (χ3v) is 2.54. The van der Waals surface area contributed by atoms with Crippen LogP contribution in [0, 0.1) is 0 Å². The highest BCUT2D eigenvalue weighted by Crippen LogP contribution is 2.26. The number of nitrogens with zero attached hydrogens (tertiary/aromatic N) is 1. The minimum Gasteiger partial charge on any atom is -0.464 e. The number of amides is 1. The Morgan fingerprint density at radius 3 is 2.00 bits per heavy atom. The van der Waals surface area contributed by atoms with Crippen LogP contribution in [0.3, 0.4) is 0 Å². The van der Waals surface area contributed by atoms with Crippen LogP contribution in [0.5, 0.6) is 0 Å². The first kappa shape index (κ1) is 11.5. The van der Waals surface area contributed by atoms with Crippen molar-refractivity contribution in [3.8, 4) is 0 Å². The molecule has 0 heterocycles. The zero-order valence-electron chi connectivity index (χ0n) is 8.88. The molecule has 17 heavy (non-hydrogen) atoms. The Morgan fingerprint density at radius 2 is 1.47 bits per heavy atom. The largest absolute Gasteiger partial charge is 0.464 e. The summed E-state index contributed by atoms with van der Waals surface area (Å²) in [5.41, 5.74) is 1.16. The summed E-state index contributed by atoms with van der Waals surface area (Å²) in [6, 6.07) is 15.6. The molecular weight excluding hydrogens is 238 g/mol. The maximum atomic E-state index is 11.3. The molecule has 0 aliphatic heterocycles. The lowest BCUT2D eigenvalue weighted by Crippen LogP contribution is -2.23. The van der Waals surface area contributed by atoms with Gasteiger partial charge in [-0.05, 0) is 36.4 Å². The molecule has 0 atom stereocenters. The average Bonchev–Trinajstić information content (AvgIpc) is 2.33. The Labute approximate surface area is 104 Å². The molecule has 0 aromatic heterocycles. The molecule has 0 bridgehead atoms. The zero-order valence-corrected chi connectivity index (χ0v) is 9.63. The van der Waals surface area contributed by atoms with Crippen LogP contribution in [0.25, 0.3) is 0 Å². The van der Waals surface area contributed by atoms with E-state index in [4.69, 9.17) is 11.6 Å². The first-order chi connectivity index (χ1) is 8.18. The average molecular weight is 248 g/mol. The van der Waals surface area contributed by atoms with E-state index < -0.39 is 6.09 Å². The van der Waals surface area contributed by atoms with Crippen molar-refractivity contribution in [2.45, 2.75) is 0 Å². The normalized spacial score (nSPS) is 9.94. The van der Waals surface area contributed by atoms with E-state index in [0.29, 0.717) is 16.4 Å². The lowest BCUT2D eigenvalue weighted by Gasteiger charge is -2.19. The standard InChI is InChI=1S/C13H10ClNO2/c14-10-6-8-12(9-7-10)15(13(16)17)11-4-2-1-3-5-11/h1-9H,(H,16,17). The van der Waals surface area contributed by atoms with Gasteiger partial charge in [-0.1, -0.05) is 29.8 Å². The molecule has 0 saturated heterocycles. The molecule has 0 unspecified atom stereocenters. The summed E-state index contributed by atoms with van der Waals surface area (Å²) in [7, 11) is 0. The van der Waals surface area contributed by atoms with Crippen molar-refractivity contribution in [3.05, 3.63) is 59.6 Å². The molecule has 1 amide bonds. The molecule has 2 rings (SSSR count). The van der Waals surface area contributed by atoms with E-state index in [-0.39, 0.29) is 0 Å². The fraction of sp³-hybridized carbons (Fsp3) is 0. The van der Waals surface area contributed by atoms with Gasteiger partial charge in [0.05, 0.1) is 11.4 Å². The Bertz CT molecular complexity index is 511. The van der Waals surface area contributed by atoms with E-state index in [1.165, 1.54) is 4.90 Å². The van der Waals surface area contributed by atoms with Gasteiger partial charge in [0.15, 0.2) is 0 Å². The number of benzene rings is 2. The summed E-state index contributed by atoms with van der Waals surface area (Å²) in [4.78, 5) is 12.5. The van der Waals surface area contributed by atoms with Gasteiger partial charge >= 0.3 is 6.09 Å². The van der Waals surface area contributed by atoms with Crippen LogP contribution in [-0.2, 0) is 0 Å². The van der Waals surface area contributed by atoms with Crippen LogP contribution < -0.4 is 4.90 Å². The molecule has 1 N–H and O–H groups in total. The second-order valence-corrected chi connectivity index (χ2v) is 3.87. The minimum absolute atomic E-state index is 0.563. The topological polar surface area (TPSA) is 40.5 Å². The Balaban J connectivity index is 2.43. The zero-order chi connectivity index (χ0) is 12.3. The summed E-state index contributed by atoms with van der Waals surface area (Å²) in [6.45, 7) is 0. The van der Waals surface area contributed by atoms with Crippen molar-refractivity contribution in [1.82, 2.24) is 0 Å². The molecular formula is C13H10ClNO2. The maximum absolute atomic E-state index is 11.3. The molecule has 0 saturated carbocycles. The third-order valence-electron chi connectivity index (χ3n) is 2.29. The number of halogens is 1. The van der Waals surface area contributed by atoms with Gasteiger partial charge in [-0.3, -0.25) is 0 Å². The van der Waals surface area contributed by atoms with Gasteiger partial charge < -0.3 is 5.11 Å². The van der Waals surface area contributed by atoms with Gasteiger partial charge in [0.2, 0.25) is 0 Å². The lowest BCUT2D eigenvalue weighted by molar-refractivity contribution is 0.205. The molecule has 0 aliphatic rings. The number of rotatable bonds is 2. The van der Waals surface area contributed by atoms with E-state index in [9.17, 15) is 9.90 Å². The fourth-order valence-corrected chi connectivity index (χ4v) is 1.66. The number of hydrogen-bond donors (Lipinski definition) is 1. The summed E-state index contributed by atoms with van der Waals surface area (Å²) >= 11 is 5.78. The number of anilines is 2. The first-order valence-corrected chi connectivity index (χ1v) is 5.40. The van der Waals surface area contributed by atoms with Crippen molar-refractivity contribution in [3.63, 3.8) is 0 Å². The number of carboxylic acid groups (broad SMARTS) is 1. The molecule has 3 nitrogen and oxygen atoms in total. The van der Waals surface area contributed by atoms with Gasteiger partial charge in [0, 0.05) is 5.02 Å². The van der Waals surface area contributed by atoms with E-state index >= 15 is 0 Å². The van der Waals surface area contributed by atoms with Crippen LogP contribution >= 0.6 is 11.6 Å². The molecule has 2 aromatic rings. The summed E-state index contributed by atoms with van der Waals surface area (Å²) in [6.07, 6.45) is -1.03. The monoisotopic (exact) mass is 247 g/mol. The van der Waals surface area contributed by atoms with Gasteiger partial charge in [-0.2, -0.15) is 0 Å². The smallest absolute Gasteiger partial charge is 0.416 e. The fourth-order valence-electron chi connectivity index (χ4n) is 1.54. The van der Waals surface area contributed by atoms with E-state index in [2.05, 4.69) is 0 Å². The highest BCUT2D eigenvalue weighted by atomic mass is 35.5. The lowest BCUT2D eigenvalue weighted by atomic mass is 10.2. The van der Waals surface area contributed by atoms with Crippen molar-refractivity contribution in [2.75, 3.05) is 4.90 Å². The third kappa shape index (κ3) is 2.57. The minimum atomic E-state index is -1.03. The van der Waals surface area contributed by atoms with E-state index in [0.717, 1.165) is 0 Å². The second-order valence-electron chi connectivity index (χ2n) is 3.43. The first-order valence-electron chi connectivity index (χ1n) is 5.02. The van der Waals surface area contributed by atoms with Crippen molar-refractivity contribution in [1.29, 1.82) is 0 Å². The number of carbonyl (C=O) groups is 1. The van der Waals surface area contributed by atoms with Crippen LogP contribution in [0.2, 0.25) is 5.02 Å². The van der Waals surface area contributed by atoms with Gasteiger partial charge in [-0.15, -0.1) is 0 Å². The maximum Gasteiger partial charge on any atom is 0.416 e. The molecule has 86 valence electrons. The summed E-state index contributed by atoms with van der Waals surface area (Å²) < 4.78 is 0. The predicted octanol–water partition coefficient (Wildman–Crippen LogP) is 4.16. The highest BCUT2D eigenvalue weighted by Gasteiger charge is 2.15. The number of para-hydroxylation sites is 1. The molecule has 0 fully saturated rings. The van der Waals surface area contributed by atoms with Crippen LogP contribution in [0.1, 0.15) is 0 Å². The molecule has 2 aromatic carbocycles. The molecule has 4 heteroatoms. The molecule has 0 spiro atoms. The summed E-state index contributed by atoms with van der Waals surface area (Å²) in [5, 5.41) is 9.82. The summed E-state index contributed by atoms with van der Waals surface area (Å²) in [5.74, 6) is 0. The highest BCUT2D eigenvalue weighted by molar-refractivity contribution is 6.30. The van der Waals surface area contributed by atoms with Crippen molar-refractivity contribution in [2.24, 2.45) is 0 Å². The Morgan fingerprint density at radius 1 is 0.941 bits per heavy atom. The SMILES string of the molecule is O=C(O)N(c1ccccc1)c1ccc(Cl)cc1. The molecule has 0 aliphatic carbocycles. The van der Waals surface area contributed by atoms with Crippen LogP contribution in [-0.4, -0.2) is 11.2 Å². The quantitative estimate of drug-likeness (QED) is 0.866. The van der Waals surface area contributed by atoms with E-state index in [1.807, 2.05) is 6.07 Å². The predicted molar refractivity (Wildman–Crippen MR) is 68.1 cm³/mol. The van der Waals surface area contributed by atoms with Gasteiger partial charge in [-0.25, -0.2) is 9.69 Å². The van der Waals surface area contributed by atoms with Crippen molar-refractivity contribution >= 4 is 29.1 Å². The van der Waals surface area contributed by atoms with Gasteiger partial charge in [0.1, 0.15) is 0 Å². The van der Waals surface area contributed by atoms with E-state index in [1.54, 1.807) is 48.5 Å². The van der Waals surface area contributed by atoms with Crippen LogP contribution in [0.15, 0.2) is 54.6 Å². The Kier molecular flexibility index (Phi) is 3.30. The second kappa shape index (κ2) is 4.89. The van der Waals surface area contributed by atoms with Crippen LogP contribution in [0.4, 0.5) is 16.2 Å². The van der Waals surface area contributed by atoms with Gasteiger partial charge in [0.25, 0.3) is 0 Å². The molecule has 0 radical (unpaired) electrons. The van der Waals surface area contributed by atoms with Crippen molar-refractivity contribution < 1.29 is 9.90 Å². The number of hydrogen-bond acceptors (Lipinski definition) is 1.